The van der Waals surface area contributed by atoms with Crippen LogP contribution in [-0.2, 0) is 26.4 Å². The van der Waals surface area contributed by atoms with E-state index in [0.29, 0.717) is 21.1 Å². The van der Waals surface area contributed by atoms with E-state index in [2.05, 4.69) is 16.3 Å². The normalized spacial score (nSPS) is 12.6. The van der Waals surface area contributed by atoms with Gasteiger partial charge in [-0.05, 0) is 66.7 Å². The molecule has 8 nitrogen and oxygen atoms in total. The SMILES string of the molecule is C=CCn1c(=NC(=O)c2ccc(NS(=O)(=O)c3ccc(Cl)cc3)cc2)sc2cc(S(C)(=O)=O)ccc21. The molecule has 0 bridgehead atoms. The van der Waals surface area contributed by atoms with E-state index in [1.807, 2.05) is 0 Å². The number of anilines is 1. The second-order valence-corrected chi connectivity index (χ2v) is 12.9. The lowest BCUT2D eigenvalue weighted by Gasteiger charge is -2.08. The molecule has 0 aliphatic heterocycles. The van der Waals surface area contributed by atoms with Crippen LogP contribution in [0.2, 0.25) is 5.02 Å². The average molecular weight is 562 g/mol. The minimum atomic E-state index is -3.82. The molecule has 3 aromatic carbocycles. The van der Waals surface area contributed by atoms with Gasteiger partial charge in [0.05, 0.1) is 20.0 Å². The van der Waals surface area contributed by atoms with Gasteiger partial charge in [-0.25, -0.2) is 16.8 Å². The van der Waals surface area contributed by atoms with Crippen molar-refractivity contribution < 1.29 is 21.6 Å². The lowest BCUT2D eigenvalue weighted by atomic mass is 10.2. The summed E-state index contributed by atoms with van der Waals surface area (Å²) in [5.74, 6) is -0.533. The molecule has 0 aliphatic rings. The first-order valence-electron chi connectivity index (χ1n) is 10.4. The fourth-order valence-electron chi connectivity index (χ4n) is 3.34. The van der Waals surface area contributed by atoms with Crippen LogP contribution >= 0.6 is 22.9 Å². The van der Waals surface area contributed by atoms with Gasteiger partial charge in [0, 0.05) is 29.1 Å². The van der Waals surface area contributed by atoms with Crippen molar-refractivity contribution in [2.45, 2.75) is 16.3 Å². The summed E-state index contributed by atoms with van der Waals surface area (Å²) >= 11 is 7.01. The van der Waals surface area contributed by atoms with Crippen LogP contribution < -0.4 is 9.52 Å². The van der Waals surface area contributed by atoms with Crippen molar-refractivity contribution in [2.75, 3.05) is 11.0 Å². The fraction of sp³-hybridized carbons (Fsp3) is 0.0833. The lowest BCUT2D eigenvalue weighted by Crippen LogP contribution is -2.16. The van der Waals surface area contributed by atoms with Gasteiger partial charge in [-0.1, -0.05) is 29.0 Å². The van der Waals surface area contributed by atoms with Gasteiger partial charge in [0.2, 0.25) is 0 Å². The summed E-state index contributed by atoms with van der Waals surface area (Å²) in [4.78, 5) is 17.7. The molecule has 12 heteroatoms. The predicted octanol–water partition coefficient (Wildman–Crippen LogP) is 4.49. The highest BCUT2D eigenvalue weighted by Gasteiger charge is 2.15. The second kappa shape index (κ2) is 10.0. The summed E-state index contributed by atoms with van der Waals surface area (Å²) < 4.78 is 53.8. The summed E-state index contributed by atoms with van der Waals surface area (Å²) in [6.45, 7) is 4.11. The van der Waals surface area contributed by atoms with Crippen LogP contribution in [0.15, 0.2) is 94.2 Å². The van der Waals surface area contributed by atoms with Crippen LogP contribution in [-0.4, -0.2) is 33.6 Å². The largest absolute Gasteiger partial charge is 0.312 e. The van der Waals surface area contributed by atoms with E-state index in [0.717, 1.165) is 11.8 Å². The average Bonchev–Trinajstić information content (AvgIpc) is 3.15. The topological polar surface area (TPSA) is 115 Å². The number of sulfonamides is 1. The Hall–Kier alpha value is -3.25. The number of hydrogen-bond acceptors (Lipinski definition) is 6. The van der Waals surface area contributed by atoms with E-state index in [9.17, 15) is 21.6 Å². The van der Waals surface area contributed by atoms with E-state index in [1.165, 1.54) is 65.9 Å². The first-order valence-corrected chi connectivity index (χ1v) is 15.0. The van der Waals surface area contributed by atoms with Crippen LogP contribution in [0.1, 0.15) is 10.4 Å². The molecule has 1 aromatic heterocycles. The van der Waals surface area contributed by atoms with E-state index in [-0.39, 0.29) is 21.0 Å². The van der Waals surface area contributed by atoms with Crippen LogP contribution in [0, 0.1) is 0 Å². The minimum Gasteiger partial charge on any atom is -0.312 e. The first-order chi connectivity index (χ1) is 17.0. The molecule has 0 unspecified atom stereocenters. The molecule has 186 valence electrons. The number of carbonyl (C=O) groups excluding carboxylic acids is 1. The summed E-state index contributed by atoms with van der Waals surface area (Å²) in [5.41, 5.74) is 1.26. The molecule has 0 saturated carbocycles. The van der Waals surface area contributed by atoms with Gasteiger partial charge in [0.1, 0.15) is 0 Å². The van der Waals surface area contributed by atoms with Crippen molar-refractivity contribution >= 4 is 64.6 Å². The molecule has 0 radical (unpaired) electrons. The highest BCUT2D eigenvalue weighted by Crippen LogP contribution is 2.23. The summed E-state index contributed by atoms with van der Waals surface area (Å²) in [6.07, 6.45) is 2.79. The number of aromatic nitrogens is 1. The molecule has 4 rings (SSSR count). The number of allylic oxidation sites excluding steroid dienone is 1. The van der Waals surface area contributed by atoms with Gasteiger partial charge in [0.25, 0.3) is 15.9 Å². The van der Waals surface area contributed by atoms with Gasteiger partial charge in [-0.15, -0.1) is 6.58 Å². The molecule has 36 heavy (non-hydrogen) atoms. The number of rotatable bonds is 7. The summed E-state index contributed by atoms with van der Waals surface area (Å²) in [6, 6.07) is 16.4. The van der Waals surface area contributed by atoms with Gasteiger partial charge in [0.15, 0.2) is 14.6 Å². The Labute approximate surface area is 217 Å². The van der Waals surface area contributed by atoms with E-state index < -0.39 is 25.8 Å². The van der Waals surface area contributed by atoms with Gasteiger partial charge >= 0.3 is 0 Å². The molecule has 0 fully saturated rings. The zero-order valence-corrected chi connectivity index (χ0v) is 22.1. The van der Waals surface area contributed by atoms with Crippen molar-refractivity contribution in [3.63, 3.8) is 0 Å². The van der Waals surface area contributed by atoms with Crippen molar-refractivity contribution in [1.29, 1.82) is 0 Å². The number of sulfone groups is 1. The maximum absolute atomic E-state index is 12.9. The molecule has 0 aliphatic carbocycles. The van der Waals surface area contributed by atoms with E-state index in [4.69, 9.17) is 11.6 Å². The molecule has 1 N–H and O–H groups in total. The third-order valence-electron chi connectivity index (χ3n) is 5.10. The van der Waals surface area contributed by atoms with Crippen molar-refractivity contribution in [2.24, 2.45) is 4.99 Å². The number of hydrogen-bond donors (Lipinski definition) is 1. The van der Waals surface area contributed by atoms with Crippen LogP contribution in [0.3, 0.4) is 0 Å². The Morgan fingerprint density at radius 2 is 1.67 bits per heavy atom. The zero-order valence-electron chi connectivity index (χ0n) is 18.9. The number of halogens is 1. The zero-order chi connectivity index (χ0) is 26.1. The number of thiazole rings is 1. The van der Waals surface area contributed by atoms with Gasteiger partial charge in [-0.3, -0.25) is 9.52 Å². The van der Waals surface area contributed by atoms with Crippen LogP contribution in [0.25, 0.3) is 10.2 Å². The van der Waals surface area contributed by atoms with Crippen LogP contribution in [0.5, 0.6) is 0 Å². The minimum absolute atomic E-state index is 0.0533. The number of benzene rings is 3. The predicted molar refractivity (Wildman–Crippen MR) is 142 cm³/mol. The Kier molecular flexibility index (Phi) is 7.19. The monoisotopic (exact) mass is 561 g/mol. The maximum atomic E-state index is 12.9. The smallest absolute Gasteiger partial charge is 0.279 e. The number of nitrogens with one attached hydrogen (secondary N) is 1. The second-order valence-electron chi connectivity index (χ2n) is 7.74. The quantitative estimate of drug-likeness (QED) is 0.334. The van der Waals surface area contributed by atoms with Crippen molar-refractivity contribution in [1.82, 2.24) is 4.57 Å². The Bertz CT molecular complexity index is 1750. The molecule has 0 atom stereocenters. The summed E-state index contributed by atoms with van der Waals surface area (Å²) in [7, 11) is -7.21. The molecular formula is C24H20ClN3O5S3. The Morgan fingerprint density at radius 3 is 2.28 bits per heavy atom. The van der Waals surface area contributed by atoms with E-state index >= 15 is 0 Å². The van der Waals surface area contributed by atoms with Crippen LogP contribution in [0.4, 0.5) is 5.69 Å². The highest BCUT2D eigenvalue weighted by molar-refractivity contribution is 7.92. The Morgan fingerprint density at radius 1 is 1.03 bits per heavy atom. The number of nitrogens with zero attached hydrogens (tertiary/aromatic N) is 2. The molecular weight excluding hydrogens is 542 g/mol. The Balaban J connectivity index is 1.63. The van der Waals surface area contributed by atoms with E-state index in [1.54, 1.807) is 22.8 Å². The van der Waals surface area contributed by atoms with Gasteiger partial charge in [-0.2, -0.15) is 4.99 Å². The van der Waals surface area contributed by atoms with Gasteiger partial charge < -0.3 is 4.57 Å². The maximum Gasteiger partial charge on any atom is 0.279 e. The standard InChI is InChI=1S/C24H20ClN3O5S3/c1-3-14-28-21-13-12-20(35(2,30)31)15-22(21)34-24(28)26-23(29)16-4-8-18(9-5-16)27-36(32,33)19-10-6-17(25)7-11-19/h3-13,15,27H,1,14H2,2H3. The molecule has 4 aromatic rings. The number of carbonyl (C=O) groups is 1. The lowest BCUT2D eigenvalue weighted by molar-refractivity contribution is 0.0998. The molecule has 1 amide bonds. The third kappa shape index (κ3) is 5.59. The number of fused-ring (bicyclic) bond motifs is 1. The molecule has 1 heterocycles. The summed E-state index contributed by atoms with van der Waals surface area (Å²) in [5, 5.41) is 0.421. The van der Waals surface area contributed by atoms with Crippen molar-refractivity contribution in [3.05, 3.63) is 94.8 Å². The first kappa shape index (κ1) is 25.8. The highest BCUT2D eigenvalue weighted by atomic mass is 35.5. The van der Waals surface area contributed by atoms with Crippen molar-refractivity contribution in [3.8, 4) is 0 Å². The molecule has 0 spiro atoms. The fourth-order valence-corrected chi connectivity index (χ4v) is 6.32. The third-order valence-corrected chi connectivity index (χ3v) is 8.90. The number of amides is 1. The molecule has 0 saturated heterocycles.